The second kappa shape index (κ2) is 8.10. The van der Waals surface area contributed by atoms with Crippen molar-refractivity contribution in [2.45, 2.75) is 24.3 Å². The predicted octanol–water partition coefficient (Wildman–Crippen LogP) is 2.75. The molecule has 3 rings (SSSR count). The molecule has 0 N–H and O–H groups in total. The molecule has 1 aliphatic rings. The lowest BCUT2D eigenvalue weighted by molar-refractivity contribution is 0.0784. The van der Waals surface area contributed by atoms with Gasteiger partial charge in [-0.15, -0.1) is 0 Å². The van der Waals surface area contributed by atoms with E-state index < -0.39 is 10.0 Å². The lowest BCUT2D eigenvalue weighted by Gasteiger charge is -2.19. The van der Waals surface area contributed by atoms with Gasteiger partial charge < -0.3 is 9.64 Å². The van der Waals surface area contributed by atoms with Gasteiger partial charge in [-0.05, 0) is 43.2 Å². The molecule has 0 radical (unpaired) electrons. The number of carbonyl (C=O) groups excluding carboxylic acids is 1. The van der Waals surface area contributed by atoms with Crippen LogP contribution in [0.1, 0.15) is 28.8 Å². The summed E-state index contributed by atoms with van der Waals surface area (Å²) in [7, 11) is -0.158. The van der Waals surface area contributed by atoms with Crippen molar-refractivity contribution in [1.82, 2.24) is 9.21 Å². The lowest BCUT2D eigenvalue weighted by atomic mass is 10.1. The summed E-state index contributed by atoms with van der Waals surface area (Å²) >= 11 is 0. The lowest BCUT2D eigenvalue weighted by Crippen LogP contribution is -2.28. The van der Waals surface area contributed by atoms with Gasteiger partial charge in [-0.25, -0.2) is 8.42 Å². The Morgan fingerprint density at radius 2 is 1.70 bits per heavy atom. The van der Waals surface area contributed by atoms with Crippen LogP contribution in [0.4, 0.5) is 0 Å². The molecule has 0 unspecified atom stereocenters. The van der Waals surface area contributed by atoms with Crippen molar-refractivity contribution in [3.8, 4) is 5.75 Å². The molecule has 0 bridgehead atoms. The summed E-state index contributed by atoms with van der Waals surface area (Å²) in [5.41, 5.74) is 1.36. The summed E-state index contributed by atoms with van der Waals surface area (Å²) in [6.45, 7) is 1.52. The van der Waals surface area contributed by atoms with Crippen LogP contribution in [0.15, 0.2) is 53.4 Å². The van der Waals surface area contributed by atoms with E-state index in [4.69, 9.17) is 4.74 Å². The molecular weight excluding hydrogens is 364 g/mol. The van der Waals surface area contributed by atoms with Crippen molar-refractivity contribution in [2.24, 2.45) is 0 Å². The van der Waals surface area contributed by atoms with Crippen LogP contribution in [-0.2, 0) is 16.6 Å². The average Bonchev–Trinajstić information content (AvgIpc) is 3.23. The minimum absolute atomic E-state index is 0.175. The fourth-order valence-electron chi connectivity index (χ4n) is 3.23. The second-order valence-electron chi connectivity index (χ2n) is 6.61. The van der Waals surface area contributed by atoms with Gasteiger partial charge >= 0.3 is 0 Å². The van der Waals surface area contributed by atoms with Gasteiger partial charge in [-0.3, -0.25) is 4.79 Å². The highest BCUT2D eigenvalue weighted by atomic mass is 32.2. The Kier molecular flexibility index (Phi) is 5.82. The number of hydrogen-bond donors (Lipinski definition) is 0. The minimum atomic E-state index is -3.47. The van der Waals surface area contributed by atoms with Crippen molar-refractivity contribution in [3.05, 3.63) is 59.7 Å². The number of hydrogen-bond acceptors (Lipinski definition) is 4. The first-order valence-electron chi connectivity index (χ1n) is 8.91. The molecule has 144 valence electrons. The zero-order valence-corrected chi connectivity index (χ0v) is 16.4. The Morgan fingerprint density at radius 3 is 2.33 bits per heavy atom. The van der Waals surface area contributed by atoms with Crippen LogP contribution in [0, 0.1) is 0 Å². The number of ether oxygens (including phenoxy) is 1. The molecule has 7 heteroatoms. The van der Waals surface area contributed by atoms with Crippen LogP contribution < -0.4 is 4.74 Å². The number of sulfonamides is 1. The van der Waals surface area contributed by atoms with Crippen LogP contribution in [0.3, 0.4) is 0 Å². The van der Waals surface area contributed by atoms with Gasteiger partial charge in [0.1, 0.15) is 5.75 Å². The topological polar surface area (TPSA) is 66.9 Å². The Balaban J connectivity index is 1.73. The molecule has 0 spiro atoms. The molecule has 0 aliphatic carbocycles. The first-order chi connectivity index (χ1) is 12.9. The van der Waals surface area contributed by atoms with Crippen molar-refractivity contribution >= 4 is 15.9 Å². The summed E-state index contributed by atoms with van der Waals surface area (Å²) < 4.78 is 32.0. The van der Waals surface area contributed by atoms with Gasteiger partial charge in [0, 0.05) is 37.8 Å². The zero-order chi connectivity index (χ0) is 19.4. The predicted molar refractivity (Wildman–Crippen MR) is 103 cm³/mol. The first-order valence-corrected chi connectivity index (χ1v) is 10.3. The van der Waals surface area contributed by atoms with E-state index in [0.717, 1.165) is 24.2 Å². The molecule has 1 saturated heterocycles. The Bertz CT molecular complexity index is 904. The third kappa shape index (κ3) is 4.14. The van der Waals surface area contributed by atoms with E-state index in [9.17, 15) is 13.2 Å². The van der Waals surface area contributed by atoms with E-state index >= 15 is 0 Å². The van der Waals surface area contributed by atoms with Gasteiger partial charge in [0.2, 0.25) is 10.0 Å². The summed E-state index contributed by atoms with van der Waals surface area (Å²) in [6.07, 6.45) is 1.78. The quantitative estimate of drug-likeness (QED) is 0.763. The van der Waals surface area contributed by atoms with Crippen LogP contribution in [-0.4, -0.2) is 50.8 Å². The van der Waals surface area contributed by atoms with E-state index in [2.05, 4.69) is 0 Å². The highest BCUT2D eigenvalue weighted by Gasteiger charge is 2.27. The molecule has 0 aromatic heterocycles. The molecular formula is C20H24N2O4S. The van der Waals surface area contributed by atoms with E-state index in [0.29, 0.717) is 25.2 Å². The van der Waals surface area contributed by atoms with Crippen molar-refractivity contribution in [2.75, 3.05) is 27.2 Å². The van der Waals surface area contributed by atoms with Crippen molar-refractivity contribution in [3.63, 3.8) is 0 Å². The fourth-order valence-corrected chi connectivity index (χ4v) is 4.75. The standard InChI is InChI=1S/C20H24N2O4S/c1-21(15-17-7-3-4-8-19(17)26-2)20(23)16-9-11-18(12-10-16)27(24,25)22-13-5-6-14-22/h3-4,7-12H,5-6,13-15H2,1-2H3. The van der Waals surface area contributed by atoms with Crippen LogP contribution in [0.25, 0.3) is 0 Å². The maximum atomic E-state index is 12.7. The smallest absolute Gasteiger partial charge is 0.253 e. The van der Waals surface area contributed by atoms with Crippen molar-refractivity contribution < 1.29 is 17.9 Å². The fraction of sp³-hybridized carbons (Fsp3) is 0.350. The SMILES string of the molecule is COc1ccccc1CN(C)C(=O)c1ccc(S(=O)(=O)N2CCCC2)cc1. The summed E-state index contributed by atoms with van der Waals surface area (Å²) in [5.74, 6) is 0.551. The Morgan fingerprint density at radius 1 is 1.07 bits per heavy atom. The molecule has 0 atom stereocenters. The first kappa shape index (κ1) is 19.4. The van der Waals surface area contributed by atoms with Gasteiger partial charge in [0.15, 0.2) is 0 Å². The highest BCUT2D eigenvalue weighted by molar-refractivity contribution is 7.89. The molecule has 27 heavy (non-hydrogen) atoms. The second-order valence-corrected chi connectivity index (χ2v) is 8.55. The normalized spacial score (nSPS) is 14.9. The summed E-state index contributed by atoms with van der Waals surface area (Å²) in [6, 6.07) is 13.7. The molecule has 0 saturated carbocycles. The van der Waals surface area contributed by atoms with E-state index in [1.54, 1.807) is 31.2 Å². The third-order valence-electron chi connectivity index (χ3n) is 4.75. The number of para-hydroxylation sites is 1. The van der Waals surface area contributed by atoms with Crippen LogP contribution >= 0.6 is 0 Å². The summed E-state index contributed by atoms with van der Waals surface area (Å²) in [4.78, 5) is 14.5. The monoisotopic (exact) mass is 388 g/mol. The average molecular weight is 388 g/mol. The molecule has 1 aliphatic heterocycles. The number of carbonyl (C=O) groups is 1. The van der Waals surface area contributed by atoms with E-state index in [1.165, 1.54) is 16.4 Å². The van der Waals surface area contributed by atoms with Gasteiger partial charge in [0.25, 0.3) is 5.91 Å². The van der Waals surface area contributed by atoms with Crippen molar-refractivity contribution in [1.29, 1.82) is 0 Å². The van der Waals surface area contributed by atoms with Gasteiger partial charge in [-0.1, -0.05) is 18.2 Å². The Hall–Kier alpha value is -2.38. The Labute approximate surface area is 160 Å². The molecule has 1 fully saturated rings. The van der Waals surface area contributed by atoms with Crippen LogP contribution in [0.5, 0.6) is 5.75 Å². The molecule has 1 amide bonds. The number of methoxy groups -OCH3 is 1. The molecule has 2 aromatic rings. The van der Waals surface area contributed by atoms with Crippen LogP contribution in [0.2, 0.25) is 0 Å². The van der Waals surface area contributed by atoms with E-state index in [1.807, 2.05) is 24.3 Å². The van der Waals surface area contributed by atoms with Gasteiger partial charge in [-0.2, -0.15) is 4.31 Å². The number of rotatable bonds is 6. The summed E-state index contributed by atoms with van der Waals surface area (Å²) in [5, 5.41) is 0. The van der Waals surface area contributed by atoms with E-state index in [-0.39, 0.29) is 10.8 Å². The largest absolute Gasteiger partial charge is 0.496 e. The third-order valence-corrected chi connectivity index (χ3v) is 6.66. The maximum absolute atomic E-state index is 12.7. The number of benzene rings is 2. The number of nitrogens with zero attached hydrogens (tertiary/aromatic N) is 2. The minimum Gasteiger partial charge on any atom is -0.496 e. The molecule has 1 heterocycles. The zero-order valence-electron chi connectivity index (χ0n) is 15.6. The number of amides is 1. The maximum Gasteiger partial charge on any atom is 0.253 e. The highest BCUT2D eigenvalue weighted by Crippen LogP contribution is 2.22. The van der Waals surface area contributed by atoms with Gasteiger partial charge in [0.05, 0.1) is 12.0 Å². The molecule has 2 aromatic carbocycles. The molecule has 6 nitrogen and oxygen atoms in total.